The number of methoxy groups -OCH3 is 1. The molecule has 2 aliphatic heterocycles. The summed E-state index contributed by atoms with van der Waals surface area (Å²) in [5.41, 5.74) is 2.12. The van der Waals surface area contributed by atoms with Crippen LogP contribution in [-0.4, -0.2) is 75.8 Å². The van der Waals surface area contributed by atoms with Crippen molar-refractivity contribution in [1.29, 1.82) is 0 Å². The number of benzene rings is 2. The Morgan fingerprint density at radius 2 is 1.73 bits per heavy atom. The maximum absolute atomic E-state index is 14.2. The molecule has 3 aromatic rings. The first kappa shape index (κ1) is 34.7. The summed E-state index contributed by atoms with van der Waals surface area (Å²) >= 11 is 13.5. The first-order valence-electron chi connectivity index (χ1n) is 17.2. The maximum Gasteiger partial charge on any atom is 0.306 e. The Bertz CT molecular complexity index is 1660. The molecule has 0 bridgehead atoms. The highest BCUT2D eigenvalue weighted by molar-refractivity contribution is 6.36. The van der Waals surface area contributed by atoms with E-state index in [4.69, 9.17) is 27.9 Å². The van der Waals surface area contributed by atoms with Crippen molar-refractivity contribution in [1.82, 2.24) is 14.4 Å². The van der Waals surface area contributed by atoms with Crippen LogP contribution in [0.5, 0.6) is 0 Å². The molecule has 1 aromatic heterocycles. The summed E-state index contributed by atoms with van der Waals surface area (Å²) in [7, 11) is 3.67. The number of carbonyl (C=O) groups excluding carboxylic acids is 2. The van der Waals surface area contributed by atoms with Crippen molar-refractivity contribution < 1.29 is 24.2 Å². The van der Waals surface area contributed by atoms with Crippen LogP contribution in [0.15, 0.2) is 42.6 Å². The first-order chi connectivity index (χ1) is 23.1. The van der Waals surface area contributed by atoms with Crippen LogP contribution in [0.25, 0.3) is 10.9 Å². The monoisotopic (exact) mass is 696 g/mol. The second kappa shape index (κ2) is 14.8. The van der Waals surface area contributed by atoms with E-state index in [0.717, 1.165) is 88.2 Å². The van der Waals surface area contributed by atoms with Gasteiger partial charge < -0.3 is 24.6 Å². The summed E-state index contributed by atoms with van der Waals surface area (Å²) in [6.45, 7) is 2.41. The minimum Gasteiger partial charge on any atom is -0.481 e. The van der Waals surface area contributed by atoms with Crippen molar-refractivity contribution >= 4 is 57.6 Å². The lowest BCUT2D eigenvalue weighted by molar-refractivity contribution is -0.147. The average Bonchev–Trinajstić information content (AvgIpc) is 3.68. The second-order valence-electron chi connectivity index (χ2n) is 13.9. The van der Waals surface area contributed by atoms with Gasteiger partial charge in [0.2, 0.25) is 5.91 Å². The van der Waals surface area contributed by atoms with Crippen molar-refractivity contribution in [3.63, 3.8) is 0 Å². The molecule has 48 heavy (non-hydrogen) atoms. The molecule has 3 fully saturated rings. The number of aromatic nitrogens is 1. The van der Waals surface area contributed by atoms with Crippen LogP contribution in [-0.2, 0) is 27.8 Å². The quantitative estimate of drug-likeness (QED) is 0.229. The first-order valence-corrected chi connectivity index (χ1v) is 18.0. The Morgan fingerprint density at radius 3 is 2.44 bits per heavy atom. The Labute approximate surface area is 292 Å². The van der Waals surface area contributed by atoms with Gasteiger partial charge in [0.1, 0.15) is 0 Å². The van der Waals surface area contributed by atoms with Gasteiger partial charge in [0.05, 0.1) is 40.4 Å². The number of nitrogens with one attached hydrogen (secondary N) is 1. The van der Waals surface area contributed by atoms with E-state index in [9.17, 15) is 19.5 Å². The number of rotatable bonds is 10. The highest BCUT2D eigenvalue weighted by atomic mass is 35.5. The number of piperidine rings is 1. The molecular formula is C37H46Cl2N4O5. The fourth-order valence-electron chi connectivity index (χ4n) is 8.40. The number of amides is 2. The Hall–Kier alpha value is -3.11. The third-order valence-corrected chi connectivity index (χ3v) is 11.8. The number of anilines is 1. The molecule has 11 heteroatoms. The Balaban J connectivity index is 1.18. The Morgan fingerprint density at radius 1 is 1.00 bits per heavy atom. The Kier molecular flexibility index (Phi) is 10.7. The van der Waals surface area contributed by atoms with Crippen LogP contribution in [0.4, 0.5) is 5.69 Å². The summed E-state index contributed by atoms with van der Waals surface area (Å²) in [5, 5.41) is 13.9. The number of carboxylic acid groups (broad SMARTS) is 1. The number of ether oxygens (including phenoxy) is 1. The molecular weight excluding hydrogens is 651 g/mol. The number of hydrogen-bond donors (Lipinski definition) is 2. The topological polar surface area (TPSA) is 104 Å². The molecule has 0 unspecified atom stereocenters. The fourth-order valence-corrected chi connectivity index (χ4v) is 8.86. The number of carbonyl (C=O) groups is 3. The number of carboxylic acids is 1. The predicted octanol–water partition coefficient (Wildman–Crippen LogP) is 7.38. The highest BCUT2D eigenvalue weighted by Crippen LogP contribution is 2.43. The zero-order valence-corrected chi connectivity index (χ0v) is 29.4. The number of halogens is 2. The molecule has 0 radical (unpaired) electrons. The summed E-state index contributed by atoms with van der Waals surface area (Å²) in [5.74, 6) is -0.721. The van der Waals surface area contributed by atoms with Gasteiger partial charge in [0.15, 0.2) is 0 Å². The number of likely N-dealkylation sites (tertiary alicyclic amines) is 2. The van der Waals surface area contributed by atoms with Gasteiger partial charge >= 0.3 is 5.97 Å². The zero-order chi connectivity index (χ0) is 34.0. The second-order valence-corrected chi connectivity index (χ2v) is 14.7. The van der Waals surface area contributed by atoms with Gasteiger partial charge in [-0.05, 0) is 93.9 Å². The lowest BCUT2D eigenvalue weighted by Crippen LogP contribution is -2.61. The van der Waals surface area contributed by atoms with Gasteiger partial charge in [0.25, 0.3) is 5.91 Å². The molecule has 1 saturated carbocycles. The molecule has 3 heterocycles. The molecule has 2 saturated heterocycles. The van der Waals surface area contributed by atoms with Gasteiger partial charge in [-0.15, -0.1) is 0 Å². The van der Waals surface area contributed by atoms with Crippen LogP contribution in [0.1, 0.15) is 80.1 Å². The van der Waals surface area contributed by atoms with E-state index in [-0.39, 0.29) is 35.9 Å². The van der Waals surface area contributed by atoms with Gasteiger partial charge in [-0.2, -0.15) is 0 Å². The minimum absolute atomic E-state index is 0.0152. The van der Waals surface area contributed by atoms with Crippen LogP contribution >= 0.6 is 23.2 Å². The van der Waals surface area contributed by atoms with Crippen LogP contribution in [0.2, 0.25) is 10.0 Å². The van der Waals surface area contributed by atoms with Crippen molar-refractivity contribution in [2.45, 2.75) is 82.4 Å². The van der Waals surface area contributed by atoms with E-state index in [1.807, 2.05) is 35.9 Å². The smallest absolute Gasteiger partial charge is 0.306 e. The largest absolute Gasteiger partial charge is 0.481 e. The number of hydrogen-bond acceptors (Lipinski definition) is 5. The number of para-hydroxylation sites is 1. The summed E-state index contributed by atoms with van der Waals surface area (Å²) in [6, 6.07) is 11.0. The number of aliphatic carboxylic acids is 1. The van der Waals surface area contributed by atoms with Crippen molar-refractivity contribution in [3.05, 3.63) is 63.8 Å². The van der Waals surface area contributed by atoms with Crippen molar-refractivity contribution in [2.24, 2.45) is 18.9 Å². The molecule has 258 valence electrons. The van der Waals surface area contributed by atoms with Crippen LogP contribution in [0.3, 0.4) is 0 Å². The van der Waals surface area contributed by atoms with E-state index in [1.165, 1.54) is 0 Å². The van der Waals surface area contributed by atoms with Crippen LogP contribution < -0.4 is 5.32 Å². The van der Waals surface area contributed by atoms with Gasteiger partial charge in [-0.25, -0.2) is 0 Å². The molecule has 0 spiro atoms. The number of aryl methyl sites for hydroxylation is 1. The van der Waals surface area contributed by atoms with Crippen molar-refractivity contribution in [3.8, 4) is 0 Å². The highest BCUT2D eigenvalue weighted by Gasteiger charge is 2.48. The lowest BCUT2D eigenvalue weighted by atomic mass is 9.78. The predicted molar refractivity (Wildman–Crippen MR) is 189 cm³/mol. The van der Waals surface area contributed by atoms with E-state index in [0.29, 0.717) is 39.3 Å². The summed E-state index contributed by atoms with van der Waals surface area (Å²) in [4.78, 5) is 43.7. The van der Waals surface area contributed by atoms with Crippen molar-refractivity contribution in [2.75, 3.05) is 32.1 Å². The molecule has 1 atom stereocenters. The van der Waals surface area contributed by atoms with Gasteiger partial charge in [-0.3, -0.25) is 19.3 Å². The minimum atomic E-state index is -0.683. The van der Waals surface area contributed by atoms with E-state index in [1.54, 1.807) is 25.4 Å². The zero-order valence-electron chi connectivity index (χ0n) is 27.9. The number of nitrogens with zero attached hydrogens (tertiary/aromatic N) is 3. The van der Waals surface area contributed by atoms with Crippen LogP contribution in [0, 0.1) is 11.8 Å². The summed E-state index contributed by atoms with van der Waals surface area (Å²) in [6.07, 6.45) is 11.0. The van der Waals surface area contributed by atoms with Gasteiger partial charge in [0, 0.05) is 55.9 Å². The molecule has 3 aliphatic rings. The fraction of sp³-hybridized carbons (Fsp3) is 0.541. The van der Waals surface area contributed by atoms with E-state index in [2.05, 4.69) is 15.1 Å². The third kappa shape index (κ3) is 7.11. The molecule has 9 nitrogen and oxygen atoms in total. The molecule has 2 aromatic carbocycles. The maximum atomic E-state index is 14.2. The normalized spacial score (nSPS) is 23.9. The molecule has 1 aliphatic carbocycles. The summed E-state index contributed by atoms with van der Waals surface area (Å²) < 4.78 is 7.58. The third-order valence-electron chi connectivity index (χ3n) is 11.1. The van der Waals surface area contributed by atoms with E-state index < -0.39 is 5.97 Å². The number of fused-ring (bicyclic) bond motifs is 1. The molecule has 2 amide bonds. The lowest BCUT2D eigenvalue weighted by Gasteiger charge is -2.50. The average molecular weight is 698 g/mol. The van der Waals surface area contributed by atoms with Gasteiger partial charge in [-0.1, -0.05) is 41.4 Å². The molecule has 6 rings (SSSR count). The molecule has 2 N–H and O–H groups in total. The SMILES string of the molecule is COC1CCN([C@]2(CCC3CCC(C(=O)O)CC3)CCCN2C(=O)Cc2cc(Cl)c(NC(=O)c3cn(C)c4ccccc34)cc2Cl)CC1. The standard InChI is InChI=1S/C37H46Cl2N4O5/c1-41-23-29(28-6-3-4-7-33(28)41)35(45)40-32-22-30(38)26(20-31(32)39)21-34(44)43-17-5-15-37(43,42-18-13-27(48-2)14-19-42)16-12-24-8-10-25(11-9-24)36(46)47/h3-4,6-7,20,22-25,27H,5,8-19,21H2,1-2H3,(H,40,45)(H,46,47)/t24?,25?,37-/m1/s1. The van der Waals surface area contributed by atoms with E-state index >= 15 is 0 Å².